The highest BCUT2D eigenvalue weighted by Gasteiger charge is 2.39. The SMILES string of the molecule is C[C@@H](CO[C@H]1CCN(C2CCN(c3ccc(C#N)cn3)CC2)C1=O)Nc1cn[nH]c(=O)c1C(F)(F)F. The molecule has 13 heteroatoms. The molecule has 0 spiro atoms. The van der Waals surface area contributed by atoms with Crippen molar-refractivity contribution in [2.75, 3.05) is 36.5 Å². The van der Waals surface area contributed by atoms with Crippen LogP contribution in [0.4, 0.5) is 24.7 Å². The standard InChI is InChI=1S/C23H26F3N7O3/c1-14(30-17-12-29-31-21(34)20(17)23(24,25)26)13-36-18-6-9-33(22(18)35)16-4-7-32(8-5-16)19-3-2-15(10-27)11-28-19/h2-3,11-12,14,16,18H,4-9,13H2,1H3,(H2,30,31,34)/t14-,18-/m0/s1. The van der Waals surface area contributed by atoms with Gasteiger partial charge in [-0.3, -0.25) is 9.59 Å². The van der Waals surface area contributed by atoms with E-state index in [0.717, 1.165) is 37.9 Å². The fraction of sp³-hybridized carbons (Fsp3) is 0.522. The Hall–Kier alpha value is -3.66. The molecule has 2 saturated heterocycles. The Morgan fingerprint density at radius 1 is 1.22 bits per heavy atom. The van der Waals surface area contributed by atoms with Crippen LogP contribution in [-0.4, -0.2) is 70.4 Å². The average Bonchev–Trinajstić information content (AvgIpc) is 3.22. The molecule has 1 amide bonds. The van der Waals surface area contributed by atoms with E-state index in [4.69, 9.17) is 10.00 Å². The number of anilines is 2. The van der Waals surface area contributed by atoms with Gasteiger partial charge in [0.2, 0.25) is 0 Å². The Morgan fingerprint density at radius 2 is 1.97 bits per heavy atom. The lowest BCUT2D eigenvalue weighted by Gasteiger charge is -2.37. The highest BCUT2D eigenvalue weighted by atomic mass is 19.4. The second-order valence-electron chi connectivity index (χ2n) is 8.91. The molecule has 2 aromatic heterocycles. The van der Waals surface area contributed by atoms with E-state index in [-0.39, 0.29) is 18.6 Å². The Balaban J connectivity index is 1.27. The lowest BCUT2D eigenvalue weighted by Crippen LogP contribution is -2.47. The molecular formula is C23H26F3N7O3. The van der Waals surface area contributed by atoms with Gasteiger partial charge in [0.25, 0.3) is 11.5 Å². The van der Waals surface area contributed by atoms with Crippen LogP contribution in [0.25, 0.3) is 0 Å². The van der Waals surface area contributed by atoms with E-state index in [2.05, 4.69) is 20.3 Å². The number of carbonyl (C=O) groups excluding carboxylic acids is 1. The molecule has 36 heavy (non-hydrogen) atoms. The van der Waals surface area contributed by atoms with Crippen LogP contribution in [0.2, 0.25) is 0 Å². The van der Waals surface area contributed by atoms with E-state index >= 15 is 0 Å². The van der Waals surface area contributed by atoms with Gasteiger partial charge in [0.15, 0.2) is 0 Å². The van der Waals surface area contributed by atoms with Gasteiger partial charge in [0.1, 0.15) is 23.6 Å². The minimum atomic E-state index is -4.84. The van der Waals surface area contributed by atoms with E-state index < -0.39 is 35.1 Å². The second kappa shape index (κ2) is 10.5. The maximum absolute atomic E-state index is 13.2. The van der Waals surface area contributed by atoms with Crippen molar-refractivity contribution in [3.8, 4) is 6.07 Å². The topological polar surface area (TPSA) is 127 Å². The van der Waals surface area contributed by atoms with E-state index in [1.54, 1.807) is 24.3 Å². The number of H-pyrrole nitrogens is 1. The van der Waals surface area contributed by atoms with Gasteiger partial charge < -0.3 is 19.9 Å². The number of amides is 1. The van der Waals surface area contributed by atoms with Crippen molar-refractivity contribution in [3.05, 3.63) is 46.0 Å². The summed E-state index contributed by atoms with van der Waals surface area (Å²) in [6.45, 7) is 3.60. The zero-order chi connectivity index (χ0) is 25.9. The number of nitrogens with zero attached hydrogens (tertiary/aromatic N) is 5. The van der Waals surface area contributed by atoms with Crippen LogP contribution in [-0.2, 0) is 15.7 Å². The van der Waals surface area contributed by atoms with E-state index in [1.807, 2.05) is 17.0 Å². The third-order valence-corrected chi connectivity index (χ3v) is 6.39. The lowest BCUT2D eigenvalue weighted by atomic mass is 10.0. The van der Waals surface area contributed by atoms with Crippen molar-refractivity contribution < 1.29 is 22.7 Å². The molecule has 0 aromatic carbocycles. The normalized spacial score (nSPS) is 19.9. The number of carbonyl (C=O) groups is 1. The summed E-state index contributed by atoms with van der Waals surface area (Å²) in [6.07, 6.45) is -1.01. The minimum Gasteiger partial charge on any atom is -0.378 e. The van der Waals surface area contributed by atoms with Crippen LogP contribution < -0.4 is 15.8 Å². The highest BCUT2D eigenvalue weighted by Crippen LogP contribution is 2.32. The first-order valence-corrected chi connectivity index (χ1v) is 11.6. The van der Waals surface area contributed by atoms with Crippen molar-refractivity contribution >= 4 is 17.4 Å². The molecule has 2 N–H and O–H groups in total. The van der Waals surface area contributed by atoms with Gasteiger partial charge in [-0.25, -0.2) is 10.1 Å². The monoisotopic (exact) mass is 505 g/mol. The molecule has 2 atom stereocenters. The number of rotatable bonds is 7. The molecule has 2 fully saturated rings. The first-order chi connectivity index (χ1) is 17.2. The molecule has 10 nitrogen and oxygen atoms in total. The van der Waals surface area contributed by atoms with Gasteiger partial charge in [-0.05, 0) is 31.9 Å². The quantitative estimate of drug-likeness (QED) is 0.586. The summed E-state index contributed by atoms with van der Waals surface area (Å²) >= 11 is 0. The zero-order valence-electron chi connectivity index (χ0n) is 19.6. The molecular weight excluding hydrogens is 479 g/mol. The molecule has 2 aliphatic heterocycles. The summed E-state index contributed by atoms with van der Waals surface area (Å²) in [5, 5.41) is 16.8. The predicted molar refractivity (Wildman–Crippen MR) is 123 cm³/mol. The lowest BCUT2D eigenvalue weighted by molar-refractivity contribution is -0.139. The molecule has 0 saturated carbocycles. The van der Waals surface area contributed by atoms with Crippen molar-refractivity contribution in [1.82, 2.24) is 20.1 Å². The van der Waals surface area contributed by atoms with Crippen molar-refractivity contribution in [1.29, 1.82) is 5.26 Å². The first kappa shape index (κ1) is 25.4. The molecule has 4 heterocycles. The molecule has 0 aliphatic carbocycles. The number of ether oxygens (including phenoxy) is 1. The highest BCUT2D eigenvalue weighted by molar-refractivity contribution is 5.83. The van der Waals surface area contributed by atoms with Gasteiger partial charge in [0.05, 0.1) is 24.1 Å². The molecule has 192 valence electrons. The third kappa shape index (κ3) is 5.59. The van der Waals surface area contributed by atoms with Gasteiger partial charge >= 0.3 is 6.18 Å². The number of alkyl halides is 3. The van der Waals surface area contributed by atoms with E-state index in [9.17, 15) is 22.8 Å². The number of pyridine rings is 1. The Labute approximate surface area is 205 Å². The number of hydrogen-bond acceptors (Lipinski definition) is 8. The number of aromatic amines is 1. The molecule has 2 aliphatic rings. The zero-order valence-corrected chi connectivity index (χ0v) is 19.6. The van der Waals surface area contributed by atoms with Gasteiger partial charge in [-0.1, -0.05) is 0 Å². The summed E-state index contributed by atoms with van der Waals surface area (Å²) in [5.41, 5.74) is -2.62. The van der Waals surface area contributed by atoms with Crippen LogP contribution in [0.1, 0.15) is 37.3 Å². The smallest absolute Gasteiger partial charge is 0.378 e. The van der Waals surface area contributed by atoms with Gasteiger partial charge in [-0.2, -0.15) is 23.5 Å². The number of nitrogens with one attached hydrogen (secondary N) is 2. The number of piperidine rings is 1. The van der Waals surface area contributed by atoms with E-state index in [1.165, 1.54) is 0 Å². The fourth-order valence-corrected chi connectivity index (χ4v) is 4.59. The van der Waals surface area contributed by atoms with Crippen LogP contribution in [0.15, 0.2) is 29.3 Å². The molecule has 0 bridgehead atoms. The second-order valence-corrected chi connectivity index (χ2v) is 8.91. The number of halogens is 3. The molecule has 0 radical (unpaired) electrons. The number of nitriles is 1. The third-order valence-electron chi connectivity index (χ3n) is 6.39. The van der Waals surface area contributed by atoms with Gasteiger partial charge in [0, 0.05) is 44.3 Å². The Bertz CT molecular complexity index is 1170. The van der Waals surface area contributed by atoms with Gasteiger partial charge in [-0.15, -0.1) is 0 Å². The number of hydrogen-bond donors (Lipinski definition) is 2. The van der Waals surface area contributed by atoms with Crippen molar-refractivity contribution in [3.63, 3.8) is 0 Å². The minimum absolute atomic E-state index is 0.0167. The van der Waals surface area contributed by atoms with Crippen LogP contribution in [0.3, 0.4) is 0 Å². The van der Waals surface area contributed by atoms with Crippen molar-refractivity contribution in [2.45, 2.75) is 50.6 Å². The summed E-state index contributed by atoms with van der Waals surface area (Å²) < 4.78 is 45.4. The summed E-state index contributed by atoms with van der Waals surface area (Å²) in [7, 11) is 0. The maximum atomic E-state index is 13.2. The maximum Gasteiger partial charge on any atom is 0.423 e. The summed E-state index contributed by atoms with van der Waals surface area (Å²) in [4.78, 5) is 32.8. The average molecular weight is 506 g/mol. The van der Waals surface area contributed by atoms with Crippen molar-refractivity contribution in [2.24, 2.45) is 0 Å². The predicted octanol–water partition coefficient (Wildman–Crippen LogP) is 2.14. The van der Waals surface area contributed by atoms with Crippen LogP contribution >= 0.6 is 0 Å². The fourth-order valence-electron chi connectivity index (χ4n) is 4.59. The first-order valence-electron chi connectivity index (χ1n) is 11.6. The summed E-state index contributed by atoms with van der Waals surface area (Å²) in [6, 6.07) is 5.07. The van der Waals surface area contributed by atoms with Crippen LogP contribution in [0.5, 0.6) is 0 Å². The van der Waals surface area contributed by atoms with Crippen LogP contribution in [0, 0.1) is 11.3 Å². The summed E-state index contributed by atoms with van der Waals surface area (Å²) in [5.74, 6) is 0.679. The molecule has 2 aromatic rings. The number of aromatic nitrogens is 3. The Morgan fingerprint density at radius 3 is 2.61 bits per heavy atom. The van der Waals surface area contributed by atoms with E-state index in [0.29, 0.717) is 18.5 Å². The number of likely N-dealkylation sites (tertiary alicyclic amines) is 1. The Kier molecular flexibility index (Phi) is 7.44. The molecule has 0 unspecified atom stereocenters. The molecule has 4 rings (SSSR count). The largest absolute Gasteiger partial charge is 0.423 e.